The van der Waals surface area contributed by atoms with Crippen LogP contribution in [0.15, 0.2) is 206 Å². The van der Waals surface area contributed by atoms with Crippen LogP contribution in [0.3, 0.4) is 0 Å². The molecule has 290 valence electrons. The lowest BCUT2D eigenvalue weighted by molar-refractivity contribution is 0.477. The average molecular weight is 784 g/mol. The highest BCUT2D eigenvalue weighted by atomic mass is 16.3. The van der Waals surface area contributed by atoms with Crippen LogP contribution in [0.2, 0.25) is 0 Å². The number of rotatable bonds is 7. The molecule has 0 saturated heterocycles. The first-order valence-electron chi connectivity index (χ1n) is 20.8. The van der Waals surface area contributed by atoms with Gasteiger partial charge < -0.3 is 5.11 Å². The molecule has 10 aromatic rings. The number of nitrogens with zero attached hydrogens (tertiary/aromatic N) is 3. The molecule has 0 spiro atoms. The van der Waals surface area contributed by atoms with Gasteiger partial charge in [0.1, 0.15) is 11.6 Å². The Morgan fingerprint density at radius 1 is 0.443 bits per heavy atom. The fourth-order valence-corrected chi connectivity index (χ4v) is 9.36. The second-order valence-corrected chi connectivity index (χ2v) is 16.3. The van der Waals surface area contributed by atoms with Crippen LogP contribution in [0, 0.1) is 0 Å². The third kappa shape index (κ3) is 6.07. The van der Waals surface area contributed by atoms with E-state index in [1.165, 1.54) is 33.4 Å². The third-order valence-corrected chi connectivity index (χ3v) is 12.4. The molecule has 2 aromatic heterocycles. The van der Waals surface area contributed by atoms with Gasteiger partial charge in [-0.3, -0.25) is 9.55 Å². The molecule has 0 aliphatic heterocycles. The molecule has 2 heterocycles. The highest BCUT2D eigenvalue weighted by molar-refractivity contribution is 6.04. The maximum atomic E-state index is 11.4. The average Bonchev–Trinajstić information content (AvgIpc) is 3.82. The molecule has 0 bridgehead atoms. The van der Waals surface area contributed by atoms with Crippen LogP contribution in [0.4, 0.5) is 0 Å². The zero-order valence-corrected chi connectivity index (χ0v) is 33.9. The first-order valence-corrected chi connectivity index (χ1v) is 20.8. The number of aromatic hydroxyl groups is 1. The summed E-state index contributed by atoms with van der Waals surface area (Å²) < 4.78 is 2.21. The summed E-state index contributed by atoms with van der Waals surface area (Å²) in [7, 11) is 0. The van der Waals surface area contributed by atoms with Crippen molar-refractivity contribution in [2.45, 2.75) is 19.3 Å². The van der Waals surface area contributed by atoms with E-state index >= 15 is 0 Å². The van der Waals surface area contributed by atoms with Crippen molar-refractivity contribution in [1.29, 1.82) is 0 Å². The van der Waals surface area contributed by atoms with E-state index in [-0.39, 0.29) is 11.2 Å². The lowest BCUT2D eigenvalue weighted by Gasteiger charge is -2.23. The highest BCUT2D eigenvalue weighted by Crippen LogP contribution is 2.54. The highest BCUT2D eigenvalue weighted by Gasteiger charge is 2.38. The number of imidazole rings is 1. The fourth-order valence-electron chi connectivity index (χ4n) is 9.36. The molecule has 0 amide bonds. The molecule has 1 N–H and O–H groups in total. The Morgan fingerprint density at radius 2 is 1.05 bits per heavy atom. The molecule has 4 heteroatoms. The Bertz CT molecular complexity index is 3270. The van der Waals surface area contributed by atoms with Gasteiger partial charge in [0.2, 0.25) is 0 Å². The number of aromatic nitrogens is 3. The van der Waals surface area contributed by atoms with E-state index < -0.39 is 0 Å². The monoisotopic (exact) mass is 783 g/mol. The molecule has 0 radical (unpaired) electrons. The van der Waals surface area contributed by atoms with Crippen molar-refractivity contribution in [2.24, 2.45) is 0 Å². The lowest BCUT2D eigenvalue weighted by Crippen LogP contribution is -2.15. The van der Waals surface area contributed by atoms with Gasteiger partial charge in [0.25, 0.3) is 0 Å². The van der Waals surface area contributed by atoms with Crippen LogP contribution >= 0.6 is 0 Å². The van der Waals surface area contributed by atoms with Gasteiger partial charge in [-0.15, -0.1) is 0 Å². The molecule has 0 saturated carbocycles. The van der Waals surface area contributed by atoms with E-state index in [1.807, 2.05) is 36.5 Å². The molecular formula is C57H41N3O. The zero-order valence-electron chi connectivity index (χ0n) is 33.9. The van der Waals surface area contributed by atoms with Crippen molar-refractivity contribution in [1.82, 2.24) is 14.5 Å². The van der Waals surface area contributed by atoms with Gasteiger partial charge in [0.05, 0.1) is 28.0 Å². The molecule has 1 aliphatic carbocycles. The van der Waals surface area contributed by atoms with Gasteiger partial charge in [-0.25, -0.2) is 4.98 Å². The van der Waals surface area contributed by atoms with Crippen molar-refractivity contribution in [2.75, 3.05) is 0 Å². The second-order valence-electron chi connectivity index (χ2n) is 16.3. The Labute approximate surface area is 355 Å². The standard InChI is InChI=1S/C57H41N3O/c1-57(2)48-24-12-9-21-45(48)54-47(34-42(35-49(54)57)50-36-41(32-33-58-50)39-30-28-38(29-31-39)37-16-5-3-6-17-37)44-23-15-26-52-55(44)59-56(46-22-11-14-27-53(46)61)60(52)51-25-13-10-20-43(51)40-18-7-4-8-19-40/h3-36,61H,1-2H3. The molecule has 4 nitrogen and oxygen atoms in total. The van der Waals surface area contributed by atoms with Gasteiger partial charge in [-0.05, 0) is 104 Å². The Kier molecular flexibility index (Phi) is 8.61. The maximum Gasteiger partial charge on any atom is 0.149 e. The minimum atomic E-state index is -0.259. The second kappa shape index (κ2) is 14.5. The summed E-state index contributed by atoms with van der Waals surface area (Å²) in [6.07, 6.45) is 1.92. The van der Waals surface area contributed by atoms with E-state index in [2.05, 4.69) is 182 Å². The number of pyridine rings is 1. The van der Waals surface area contributed by atoms with E-state index in [9.17, 15) is 5.11 Å². The van der Waals surface area contributed by atoms with Crippen LogP contribution in [-0.2, 0) is 5.41 Å². The molecule has 0 unspecified atom stereocenters. The van der Waals surface area contributed by atoms with Crippen LogP contribution in [0.25, 0.3) is 95.0 Å². The maximum absolute atomic E-state index is 11.4. The predicted octanol–water partition coefficient (Wildman–Crippen LogP) is 14.4. The summed E-state index contributed by atoms with van der Waals surface area (Å²) in [5.74, 6) is 0.849. The first kappa shape index (κ1) is 36.3. The van der Waals surface area contributed by atoms with Crippen molar-refractivity contribution < 1.29 is 5.11 Å². The van der Waals surface area contributed by atoms with E-state index in [0.717, 1.165) is 61.4 Å². The van der Waals surface area contributed by atoms with E-state index in [0.29, 0.717) is 11.4 Å². The largest absolute Gasteiger partial charge is 0.507 e. The Morgan fingerprint density at radius 3 is 1.80 bits per heavy atom. The molecule has 8 aromatic carbocycles. The topological polar surface area (TPSA) is 50.9 Å². The molecule has 61 heavy (non-hydrogen) atoms. The molecule has 11 rings (SSSR count). The van der Waals surface area contributed by atoms with Crippen LogP contribution < -0.4 is 0 Å². The summed E-state index contributed by atoms with van der Waals surface area (Å²) in [6.45, 7) is 4.66. The third-order valence-electron chi connectivity index (χ3n) is 12.4. The van der Waals surface area contributed by atoms with Crippen LogP contribution in [0.5, 0.6) is 5.75 Å². The number of para-hydroxylation sites is 3. The minimum Gasteiger partial charge on any atom is -0.507 e. The predicted molar refractivity (Wildman–Crippen MR) is 251 cm³/mol. The van der Waals surface area contributed by atoms with Gasteiger partial charge in [-0.1, -0.05) is 166 Å². The zero-order chi connectivity index (χ0) is 41.1. The lowest BCUT2D eigenvalue weighted by atomic mass is 9.80. The fraction of sp³-hybridized carbons (Fsp3) is 0.0526. The summed E-state index contributed by atoms with van der Waals surface area (Å²) in [4.78, 5) is 10.5. The van der Waals surface area contributed by atoms with Crippen molar-refractivity contribution >= 4 is 11.0 Å². The summed E-state index contributed by atoms with van der Waals surface area (Å²) in [5, 5.41) is 11.4. The molecule has 0 atom stereocenters. The van der Waals surface area contributed by atoms with Crippen LogP contribution in [-0.4, -0.2) is 19.6 Å². The smallest absolute Gasteiger partial charge is 0.149 e. The van der Waals surface area contributed by atoms with Gasteiger partial charge in [0, 0.05) is 28.3 Å². The Balaban J connectivity index is 1.14. The summed E-state index contributed by atoms with van der Waals surface area (Å²) >= 11 is 0. The number of hydrogen-bond donors (Lipinski definition) is 1. The minimum absolute atomic E-state index is 0.178. The molecule has 1 aliphatic rings. The number of phenolic OH excluding ortho intramolecular Hbond substituents is 1. The number of hydrogen-bond acceptors (Lipinski definition) is 3. The summed E-state index contributed by atoms with van der Waals surface area (Å²) in [6, 6.07) is 69.9. The van der Waals surface area contributed by atoms with Crippen molar-refractivity contribution in [3.8, 4) is 89.7 Å². The van der Waals surface area contributed by atoms with E-state index in [4.69, 9.17) is 9.97 Å². The van der Waals surface area contributed by atoms with Gasteiger partial charge in [-0.2, -0.15) is 0 Å². The molecule has 0 fully saturated rings. The quantitative estimate of drug-likeness (QED) is 0.175. The van der Waals surface area contributed by atoms with Crippen LogP contribution in [0.1, 0.15) is 25.0 Å². The normalized spacial score (nSPS) is 12.6. The summed E-state index contributed by atoms with van der Waals surface area (Å²) in [5.41, 5.74) is 19.1. The SMILES string of the molecule is CC1(C)c2ccccc2-c2c(-c3cccc4c3nc(-c3ccccc3O)n4-c3ccccc3-c3ccccc3)cc(-c3cc(-c4ccc(-c5ccccc5)cc4)ccn3)cc21. The van der Waals surface area contributed by atoms with Crippen molar-refractivity contribution in [3.63, 3.8) is 0 Å². The van der Waals surface area contributed by atoms with Gasteiger partial charge in [0.15, 0.2) is 0 Å². The number of phenols is 1. The first-order chi connectivity index (χ1) is 29.9. The van der Waals surface area contributed by atoms with Crippen molar-refractivity contribution in [3.05, 3.63) is 218 Å². The molecular weight excluding hydrogens is 743 g/mol. The Hall–Kier alpha value is -7.82. The number of fused-ring (bicyclic) bond motifs is 4. The number of benzene rings is 8. The van der Waals surface area contributed by atoms with E-state index in [1.54, 1.807) is 6.07 Å². The van der Waals surface area contributed by atoms with Gasteiger partial charge >= 0.3 is 0 Å².